The number of para-hydroxylation sites is 1. The molecule has 0 aliphatic carbocycles. The Morgan fingerprint density at radius 3 is 2.45 bits per heavy atom. The summed E-state index contributed by atoms with van der Waals surface area (Å²) in [6.07, 6.45) is 0. The van der Waals surface area contributed by atoms with Crippen molar-refractivity contribution in [2.45, 2.75) is 6.54 Å². The van der Waals surface area contributed by atoms with E-state index in [1.165, 1.54) is 24.3 Å². The van der Waals surface area contributed by atoms with E-state index in [0.717, 1.165) is 16.2 Å². The molecule has 0 saturated heterocycles. The molecule has 1 unspecified atom stereocenters. The number of quaternary nitrogens is 1. The molecule has 2 amide bonds. The molecular weight excluding hydrogens is 397 g/mol. The number of carbonyl (C=O) groups excluding carboxylic acids is 2. The molecule has 0 aliphatic rings. The topological polar surface area (TPSA) is 71.9 Å². The van der Waals surface area contributed by atoms with Gasteiger partial charge in [0.2, 0.25) is 0 Å². The monoisotopic (exact) mass is 422 g/mol. The van der Waals surface area contributed by atoms with Crippen molar-refractivity contribution in [1.29, 1.82) is 0 Å². The molecule has 0 fully saturated rings. The van der Waals surface area contributed by atoms with E-state index < -0.39 is 0 Å². The van der Waals surface area contributed by atoms with Gasteiger partial charge in [-0.1, -0.05) is 24.3 Å². The van der Waals surface area contributed by atoms with E-state index in [1.54, 1.807) is 31.4 Å². The molecule has 0 saturated carbocycles. The van der Waals surface area contributed by atoms with E-state index in [4.69, 9.17) is 4.74 Å². The number of rotatable bonds is 8. The number of halogens is 1. The number of amides is 2. The van der Waals surface area contributed by atoms with Crippen LogP contribution in [0.15, 0.2) is 72.8 Å². The van der Waals surface area contributed by atoms with Gasteiger partial charge in [0.25, 0.3) is 11.8 Å². The summed E-state index contributed by atoms with van der Waals surface area (Å²) >= 11 is 0. The highest BCUT2D eigenvalue weighted by molar-refractivity contribution is 6.10. The van der Waals surface area contributed by atoms with E-state index in [1.807, 2.05) is 31.3 Å². The van der Waals surface area contributed by atoms with Crippen LogP contribution in [0.2, 0.25) is 0 Å². The van der Waals surface area contributed by atoms with Gasteiger partial charge in [-0.3, -0.25) is 9.59 Å². The lowest BCUT2D eigenvalue weighted by Crippen LogP contribution is -3.08. The Kier molecular flexibility index (Phi) is 7.35. The Bertz CT molecular complexity index is 1050. The number of hydrogen-bond acceptors (Lipinski definition) is 3. The fourth-order valence-corrected chi connectivity index (χ4v) is 3.18. The van der Waals surface area contributed by atoms with Crippen LogP contribution in [0.4, 0.5) is 15.8 Å². The highest BCUT2D eigenvalue weighted by atomic mass is 19.1. The number of hydrogen-bond donors (Lipinski definition) is 3. The first-order chi connectivity index (χ1) is 14.9. The zero-order valence-electron chi connectivity index (χ0n) is 17.4. The number of methoxy groups -OCH3 is 1. The minimum absolute atomic E-state index is 0.206. The minimum atomic E-state index is -0.389. The first kappa shape index (κ1) is 22.0. The van der Waals surface area contributed by atoms with E-state index in [9.17, 15) is 14.0 Å². The lowest BCUT2D eigenvalue weighted by Gasteiger charge is -2.16. The fourth-order valence-electron chi connectivity index (χ4n) is 3.18. The smallest absolute Gasteiger partial charge is 0.279 e. The van der Waals surface area contributed by atoms with Crippen molar-refractivity contribution in [2.75, 3.05) is 31.3 Å². The molecule has 0 aromatic heterocycles. The van der Waals surface area contributed by atoms with Gasteiger partial charge in [-0.25, -0.2) is 4.39 Å². The SMILES string of the molecule is COc1cccc(C[NH+](C)CC(=O)Nc2ccccc2C(=O)Nc2ccc(F)cc2)c1. The van der Waals surface area contributed by atoms with Gasteiger partial charge in [0.15, 0.2) is 6.54 Å². The average Bonchev–Trinajstić information content (AvgIpc) is 2.75. The normalized spacial score (nSPS) is 11.5. The lowest BCUT2D eigenvalue weighted by molar-refractivity contribution is -0.885. The van der Waals surface area contributed by atoms with Crippen LogP contribution in [-0.4, -0.2) is 32.5 Å². The second-order valence-corrected chi connectivity index (χ2v) is 7.22. The van der Waals surface area contributed by atoms with Crippen LogP contribution in [-0.2, 0) is 11.3 Å². The number of benzene rings is 3. The molecule has 31 heavy (non-hydrogen) atoms. The average molecular weight is 422 g/mol. The largest absolute Gasteiger partial charge is 0.497 e. The van der Waals surface area contributed by atoms with Gasteiger partial charge >= 0.3 is 0 Å². The molecule has 0 aliphatic heterocycles. The van der Waals surface area contributed by atoms with Crippen LogP contribution < -0.4 is 20.3 Å². The van der Waals surface area contributed by atoms with E-state index in [-0.39, 0.29) is 24.2 Å². The molecule has 3 N–H and O–H groups in total. The third-order valence-electron chi connectivity index (χ3n) is 4.65. The number of carbonyl (C=O) groups is 2. The second-order valence-electron chi connectivity index (χ2n) is 7.22. The van der Waals surface area contributed by atoms with Crippen molar-refractivity contribution in [3.8, 4) is 5.75 Å². The number of nitrogens with one attached hydrogen (secondary N) is 3. The quantitative estimate of drug-likeness (QED) is 0.523. The summed E-state index contributed by atoms with van der Waals surface area (Å²) in [6, 6.07) is 20.0. The van der Waals surface area contributed by atoms with Crippen LogP contribution in [0, 0.1) is 5.82 Å². The van der Waals surface area contributed by atoms with Crippen molar-refractivity contribution >= 4 is 23.2 Å². The Labute approximate surface area is 180 Å². The van der Waals surface area contributed by atoms with Crippen molar-refractivity contribution < 1.29 is 23.6 Å². The maximum Gasteiger partial charge on any atom is 0.279 e. The van der Waals surface area contributed by atoms with Crippen LogP contribution >= 0.6 is 0 Å². The fraction of sp³-hybridized carbons (Fsp3) is 0.167. The van der Waals surface area contributed by atoms with Gasteiger partial charge < -0.3 is 20.3 Å². The molecule has 1 atom stereocenters. The molecule has 0 bridgehead atoms. The van der Waals surface area contributed by atoms with E-state index in [2.05, 4.69) is 10.6 Å². The predicted molar refractivity (Wildman–Crippen MR) is 118 cm³/mol. The number of ether oxygens (including phenoxy) is 1. The third-order valence-corrected chi connectivity index (χ3v) is 4.65. The molecule has 7 heteroatoms. The Morgan fingerprint density at radius 1 is 0.968 bits per heavy atom. The van der Waals surface area contributed by atoms with E-state index in [0.29, 0.717) is 23.5 Å². The van der Waals surface area contributed by atoms with Crippen LogP contribution in [0.5, 0.6) is 5.75 Å². The summed E-state index contributed by atoms with van der Waals surface area (Å²) in [5.41, 5.74) is 2.27. The molecule has 0 spiro atoms. The van der Waals surface area contributed by atoms with Gasteiger partial charge in [-0.2, -0.15) is 0 Å². The summed E-state index contributed by atoms with van der Waals surface area (Å²) in [6.45, 7) is 0.877. The second kappa shape index (κ2) is 10.4. The van der Waals surface area contributed by atoms with Gasteiger partial charge in [0, 0.05) is 11.3 Å². The van der Waals surface area contributed by atoms with Crippen molar-refractivity contribution in [3.63, 3.8) is 0 Å². The minimum Gasteiger partial charge on any atom is -0.497 e. The molecule has 6 nitrogen and oxygen atoms in total. The van der Waals surface area contributed by atoms with Crippen molar-refractivity contribution in [3.05, 3.63) is 89.7 Å². The third kappa shape index (κ3) is 6.38. The van der Waals surface area contributed by atoms with Gasteiger partial charge in [0.05, 0.1) is 25.4 Å². The molecule has 160 valence electrons. The molecule has 0 radical (unpaired) electrons. The van der Waals surface area contributed by atoms with Crippen LogP contribution in [0.25, 0.3) is 0 Å². The zero-order chi connectivity index (χ0) is 22.2. The highest BCUT2D eigenvalue weighted by Gasteiger charge is 2.16. The predicted octanol–water partition coefficient (Wildman–Crippen LogP) is 2.74. The standard InChI is InChI=1S/C24H24FN3O3/c1-28(15-17-6-5-7-20(14-17)31-2)16-23(29)27-22-9-4-3-8-21(22)24(30)26-19-12-10-18(25)11-13-19/h3-14H,15-16H2,1-2H3,(H,26,30)(H,27,29)/p+1. The first-order valence-electron chi connectivity index (χ1n) is 9.84. The number of anilines is 2. The van der Waals surface area contributed by atoms with Gasteiger partial charge in [0.1, 0.15) is 18.1 Å². The molecular formula is C24H25FN3O3+. The lowest BCUT2D eigenvalue weighted by atomic mass is 10.1. The Balaban J connectivity index is 1.62. The van der Waals surface area contributed by atoms with Crippen LogP contribution in [0.1, 0.15) is 15.9 Å². The van der Waals surface area contributed by atoms with Crippen molar-refractivity contribution in [2.24, 2.45) is 0 Å². The molecule has 3 aromatic rings. The maximum atomic E-state index is 13.1. The first-order valence-corrected chi connectivity index (χ1v) is 9.84. The maximum absolute atomic E-state index is 13.1. The number of likely N-dealkylation sites (N-methyl/N-ethyl adjacent to an activating group) is 1. The highest BCUT2D eigenvalue weighted by Crippen LogP contribution is 2.18. The van der Waals surface area contributed by atoms with Gasteiger partial charge in [-0.05, 0) is 48.5 Å². The molecule has 3 aromatic carbocycles. The summed E-state index contributed by atoms with van der Waals surface area (Å²) in [5.74, 6) is -0.205. The molecule has 0 heterocycles. The van der Waals surface area contributed by atoms with E-state index >= 15 is 0 Å². The summed E-state index contributed by atoms with van der Waals surface area (Å²) in [4.78, 5) is 26.2. The Hall–Kier alpha value is -3.71. The molecule has 3 rings (SSSR count). The summed E-state index contributed by atoms with van der Waals surface area (Å²) in [5, 5.41) is 5.53. The summed E-state index contributed by atoms with van der Waals surface area (Å²) in [7, 11) is 3.54. The zero-order valence-corrected chi connectivity index (χ0v) is 17.4. The van der Waals surface area contributed by atoms with Crippen LogP contribution in [0.3, 0.4) is 0 Å². The summed E-state index contributed by atoms with van der Waals surface area (Å²) < 4.78 is 18.3. The Morgan fingerprint density at radius 2 is 1.71 bits per heavy atom. The van der Waals surface area contributed by atoms with Gasteiger partial charge in [-0.15, -0.1) is 0 Å². The van der Waals surface area contributed by atoms with Crippen molar-refractivity contribution in [1.82, 2.24) is 0 Å².